The highest BCUT2D eigenvalue weighted by Crippen LogP contribution is 2.21. The molecule has 0 fully saturated rings. The Kier molecular flexibility index (Phi) is 4.73. The lowest BCUT2D eigenvalue weighted by Gasteiger charge is -2.19. The number of carbonyl (C=O) groups excluding carboxylic acids is 1. The number of hydrogen-bond donors (Lipinski definition) is 3. The molecule has 1 aromatic carbocycles. The van der Waals surface area contributed by atoms with Crippen LogP contribution in [0.25, 0.3) is 10.9 Å². The van der Waals surface area contributed by atoms with E-state index in [0.29, 0.717) is 12.5 Å². The Morgan fingerprint density at radius 2 is 2.23 bits per heavy atom. The average Bonchev–Trinajstić information content (AvgIpc) is 3.31. The maximum Gasteiger partial charge on any atom is 0.320 e. The van der Waals surface area contributed by atoms with Crippen LogP contribution < -0.4 is 10.6 Å². The number of aromatic nitrogens is 3. The summed E-state index contributed by atoms with van der Waals surface area (Å²) in [5.74, 6) is 1.31. The van der Waals surface area contributed by atoms with Gasteiger partial charge in [0.1, 0.15) is 5.82 Å². The topological polar surface area (TPSA) is 74.7 Å². The molecular formula is C20H23N5O. The number of H-pyrrole nitrogens is 1. The molecule has 0 saturated carbocycles. The standard InChI is InChI=1S/C20H23N5O/c26-20(22-13-16-7-4-8-18-17(16)9-11-21-18)24-19-10-12-23-25(19)14-15-5-2-1-3-6-15/h1-2,4,7-12,15,21H,3,5-6,13-14H2,(H2,22,24,26)/t15-/m0/s1. The molecule has 134 valence electrons. The predicted octanol–water partition coefficient (Wildman–Crippen LogP) is 4.04. The fourth-order valence-corrected chi connectivity index (χ4v) is 3.49. The minimum atomic E-state index is -0.220. The van der Waals surface area contributed by atoms with Gasteiger partial charge in [0.15, 0.2) is 0 Å². The van der Waals surface area contributed by atoms with E-state index < -0.39 is 0 Å². The fourth-order valence-electron chi connectivity index (χ4n) is 3.49. The maximum atomic E-state index is 12.3. The van der Waals surface area contributed by atoms with Crippen molar-refractivity contribution in [3.63, 3.8) is 0 Å². The van der Waals surface area contributed by atoms with Gasteiger partial charge in [-0.1, -0.05) is 24.3 Å². The molecule has 0 spiro atoms. The van der Waals surface area contributed by atoms with Crippen molar-refractivity contribution in [1.29, 1.82) is 0 Å². The van der Waals surface area contributed by atoms with Crippen LogP contribution in [0.2, 0.25) is 0 Å². The largest absolute Gasteiger partial charge is 0.361 e. The van der Waals surface area contributed by atoms with Crippen LogP contribution in [0.4, 0.5) is 10.6 Å². The number of benzene rings is 1. The molecule has 6 nitrogen and oxygen atoms in total. The lowest BCUT2D eigenvalue weighted by molar-refractivity contribution is 0.251. The van der Waals surface area contributed by atoms with Gasteiger partial charge in [-0.05, 0) is 42.9 Å². The molecule has 1 atom stereocenters. The molecule has 26 heavy (non-hydrogen) atoms. The maximum absolute atomic E-state index is 12.3. The molecule has 1 aliphatic carbocycles. The summed E-state index contributed by atoms with van der Waals surface area (Å²) in [7, 11) is 0. The molecule has 0 saturated heterocycles. The van der Waals surface area contributed by atoms with Crippen molar-refractivity contribution in [2.75, 3.05) is 5.32 Å². The lowest BCUT2D eigenvalue weighted by atomic mass is 9.94. The average molecular weight is 349 g/mol. The quantitative estimate of drug-likeness (QED) is 0.608. The summed E-state index contributed by atoms with van der Waals surface area (Å²) >= 11 is 0. The zero-order chi connectivity index (χ0) is 17.8. The minimum Gasteiger partial charge on any atom is -0.361 e. The Morgan fingerprint density at radius 3 is 3.12 bits per heavy atom. The molecule has 3 N–H and O–H groups in total. The third-order valence-corrected chi connectivity index (χ3v) is 4.89. The van der Waals surface area contributed by atoms with Crippen molar-refractivity contribution in [2.24, 2.45) is 5.92 Å². The Bertz CT molecular complexity index is 923. The van der Waals surface area contributed by atoms with Crippen LogP contribution >= 0.6 is 0 Å². The van der Waals surface area contributed by atoms with Gasteiger partial charge in [0.05, 0.1) is 6.20 Å². The van der Waals surface area contributed by atoms with Crippen LogP contribution in [0.3, 0.4) is 0 Å². The first kappa shape index (κ1) is 16.4. The Hall–Kier alpha value is -3.02. The molecule has 2 aromatic heterocycles. The number of urea groups is 1. The van der Waals surface area contributed by atoms with E-state index in [1.165, 1.54) is 6.42 Å². The number of anilines is 1. The van der Waals surface area contributed by atoms with E-state index in [-0.39, 0.29) is 6.03 Å². The number of carbonyl (C=O) groups is 1. The van der Waals surface area contributed by atoms with Crippen molar-refractivity contribution in [3.05, 3.63) is 60.4 Å². The number of nitrogens with one attached hydrogen (secondary N) is 3. The Balaban J connectivity index is 1.36. The third kappa shape index (κ3) is 3.64. The van der Waals surface area contributed by atoms with E-state index in [9.17, 15) is 4.79 Å². The van der Waals surface area contributed by atoms with Crippen molar-refractivity contribution in [3.8, 4) is 0 Å². The van der Waals surface area contributed by atoms with Crippen molar-refractivity contribution < 1.29 is 4.79 Å². The summed E-state index contributed by atoms with van der Waals surface area (Å²) in [6, 6.07) is 9.68. The summed E-state index contributed by atoms with van der Waals surface area (Å²) in [6.07, 6.45) is 11.5. The Morgan fingerprint density at radius 1 is 1.27 bits per heavy atom. The van der Waals surface area contributed by atoms with E-state index in [2.05, 4.69) is 32.9 Å². The second kappa shape index (κ2) is 7.47. The SMILES string of the molecule is O=C(NCc1cccc2[nH]ccc12)Nc1ccnn1C[C@H]1CC=CCC1. The highest BCUT2D eigenvalue weighted by molar-refractivity contribution is 5.89. The minimum absolute atomic E-state index is 0.220. The van der Waals surface area contributed by atoms with Gasteiger partial charge in [0.25, 0.3) is 0 Å². The molecule has 4 rings (SSSR count). The van der Waals surface area contributed by atoms with Gasteiger partial charge in [-0.25, -0.2) is 9.48 Å². The molecule has 3 aromatic rings. The summed E-state index contributed by atoms with van der Waals surface area (Å²) < 4.78 is 1.89. The number of amides is 2. The van der Waals surface area contributed by atoms with Gasteiger partial charge in [0, 0.05) is 36.3 Å². The monoisotopic (exact) mass is 349 g/mol. The number of allylic oxidation sites excluding steroid dienone is 2. The van der Waals surface area contributed by atoms with Gasteiger partial charge in [-0.15, -0.1) is 0 Å². The van der Waals surface area contributed by atoms with E-state index in [1.54, 1.807) is 6.20 Å². The zero-order valence-electron chi connectivity index (χ0n) is 14.6. The van der Waals surface area contributed by atoms with Gasteiger partial charge >= 0.3 is 6.03 Å². The fraction of sp³-hybridized carbons (Fsp3) is 0.300. The van der Waals surface area contributed by atoms with E-state index in [1.807, 2.05) is 41.2 Å². The predicted molar refractivity (Wildman–Crippen MR) is 103 cm³/mol. The molecule has 0 aliphatic heterocycles. The van der Waals surface area contributed by atoms with E-state index in [4.69, 9.17) is 0 Å². The number of rotatable bonds is 5. The van der Waals surface area contributed by atoms with Gasteiger partial charge in [-0.3, -0.25) is 5.32 Å². The van der Waals surface area contributed by atoms with Crippen molar-refractivity contribution >= 4 is 22.8 Å². The normalized spacial score (nSPS) is 16.7. The molecule has 0 bridgehead atoms. The smallest absolute Gasteiger partial charge is 0.320 e. The molecule has 2 amide bonds. The number of nitrogens with zero attached hydrogens (tertiary/aromatic N) is 2. The van der Waals surface area contributed by atoms with Crippen LogP contribution in [0.5, 0.6) is 0 Å². The molecule has 0 radical (unpaired) electrons. The van der Waals surface area contributed by atoms with Crippen LogP contribution in [0.1, 0.15) is 24.8 Å². The van der Waals surface area contributed by atoms with Crippen LogP contribution in [0, 0.1) is 5.92 Å². The second-order valence-corrected chi connectivity index (χ2v) is 6.71. The summed E-state index contributed by atoms with van der Waals surface area (Å²) in [6.45, 7) is 1.30. The summed E-state index contributed by atoms with van der Waals surface area (Å²) in [5, 5.41) is 11.3. The summed E-state index contributed by atoms with van der Waals surface area (Å²) in [4.78, 5) is 15.5. The van der Waals surface area contributed by atoms with Gasteiger partial charge in [0.2, 0.25) is 0 Å². The summed E-state index contributed by atoms with van der Waals surface area (Å²) in [5.41, 5.74) is 2.16. The van der Waals surface area contributed by atoms with Gasteiger partial charge in [-0.2, -0.15) is 5.10 Å². The highest BCUT2D eigenvalue weighted by atomic mass is 16.2. The zero-order valence-corrected chi connectivity index (χ0v) is 14.6. The first-order valence-corrected chi connectivity index (χ1v) is 9.06. The van der Waals surface area contributed by atoms with Crippen molar-refractivity contribution in [1.82, 2.24) is 20.1 Å². The first-order chi connectivity index (χ1) is 12.8. The third-order valence-electron chi connectivity index (χ3n) is 4.89. The molecular weight excluding hydrogens is 326 g/mol. The number of hydrogen-bond acceptors (Lipinski definition) is 2. The molecule has 0 unspecified atom stereocenters. The lowest BCUT2D eigenvalue weighted by Crippen LogP contribution is -2.29. The Labute approximate surface area is 152 Å². The van der Waals surface area contributed by atoms with Crippen LogP contribution in [0.15, 0.2) is 54.9 Å². The molecule has 1 aliphatic rings. The highest BCUT2D eigenvalue weighted by Gasteiger charge is 2.14. The number of fused-ring (bicyclic) bond motifs is 1. The van der Waals surface area contributed by atoms with Crippen molar-refractivity contribution in [2.45, 2.75) is 32.4 Å². The first-order valence-electron chi connectivity index (χ1n) is 9.06. The van der Waals surface area contributed by atoms with Gasteiger partial charge < -0.3 is 10.3 Å². The molecule has 6 heteroatoms. The van der Waals surface area contributed by atoms with E-state index >= 15 is 0 Å². The van der Waals surface area contributed by atoms with Crippen LogP contribution in [-0.2, 0) is 13.1 Å². The van der Waals surface area contributed by atoms with Crippen LogP contribution in [-0.4, -0.2) is 20.8 Å². The number of aromatic amines is 1. The second-order valence-electron chi connectivity index (χ2n) is 6.71. The van der Waals surface area contributed by atoms with E-state index in [0.717, 1.165) is 41.7 Å². The molecule has 2 heterocycles.